The fourth-order valence-electron chi connectivity index (χ4n) is 1.69. The molecular weight excluding hydrogens is 204 g/mol. The molecular formula is C13H20O3. The van der Waals surface area contributed by atoms with Gasteiger partial charge in [0.25, 0.3) is 0 Å². The molecule has 0 saturated heterocycles. The molecule has 3 heteroatoms. The van der Waals surface area contributed by atoms with Crippen LogP contribution >= 0.6 is 0 Å². The average molecular weight is 224 g/mol. The molecule has 0 radical (unpaired) electrons. The van der Waals surface area contributed by atoms with Gasteiger partial charge in [0.1, 0.15) is 11.5 Å². The van der Waals surface area contributed by atoms with Crippen molar-refractivity contribution in [2.75, 3.05) is 0 Å². The maximum absolute atomic E-state index is 11.4. The molecule has 0 saturated carbocycles. The Balaban J connectivity index is 2.92. The summed E-state index contributed by atoms with van der Waals surface area (Å²) in [6.45, 7) is 7.88. The van der Waals surface area contributed by atoms with Crippen molar-refractivity contribution < 1.29 is 9.52 Å². The van der Waals surface area contributed by atoms with E-state index in [0.29, 0.717) is 11.7 Å². The predicted molar refractivity (Wildman–Crippen MR) is 63.9 cm³/mol. The standard InChI is InChI=1S/C13H20O3/c1-5-8(2)6-9(3)12-7-11(14)10(4)13(15)16-12/h7-9,14H,5-6H2,1-4H3. The van der Waals surface area contributed by atoms with Gasteiger partial charge >= 0.3 is 5.63 Å². The van der Waals surface area contributed by atoms with Gasteiger partial charge in [-0.3, -0.25) is 0 Å². The summed E-state index contributed by atoms with van der Waals surface area (Å²) in [5.41, 5.74) is -0.162. The summed E-state index contributed by atoms with van der Waals surface area (Å²) >= 11 is 0. The Morgan fingerprint density at radius 1 is 1.44 bits per heavy atom. The SMILES string of the molecule is CCC(C)CC(C)c1cc(O)c(C)c(=O)o1. The van der Waals surface area contributed by atoms with Gasteiger partial charge in [0, 0.05) is 12.0 Å². The molecule has 1 rings (SSSR count). The maximum atomic E-state index is 11.4. The van der Waals surface area contributed by atoms with Gasteiger partial charge in [-0.05, 0) is 19.3 Å². The summed E-state index contributed by atoms with van der Waals surface area (Å²) in [6.07, 6.45) is 2.06. The highest BCUT2D eigenvalue weighted by Crippen LogP contribution is 2.26. The van der Waals surface area contributed by atoms with E-state index < -0.39 is 5.63 Å². The van der Waals surface area contributed by atoms with Gasteiger partial charge in [0.2, 0.25) is 0 Å². The lowest BCUT2D eigenvalue weighted by Gasteiger charge is -2.15. The van der Waals surface area contributed by atoms with Crippen molar-refractivity contribution in [3.05, 3.63) is 27.8 Å². The minimum atomic E-state index is -0.439. The highest BCUT2D eigenvalue weighted by Gasteiger charge is 2.15. The number of hydrogen-bond donors (Lipinski definition) is 1. The lowest BCUT2D eigenvalue weighted by atomic mass is 9.93. The van der Waals surface area contributed by atoms with E-state index in [4.69, 9.17) is 4.42 Å². The van der Waals surface area contributed by atoms with E-state index >= 15 is 0 Å². The highest BCUT2D eigenvalue weighted by molar-refractivity contribution is 5.29. The van der Waals surface area contributed by atoms with Crippen LogP contribution in [0.15, 0.2) is 15.3 Å². The van der Waals surface area contributed by atoms with E-state index in [-0.39, 0.29) is 17.2 Å². The summed E-state index contributed by atoms with van der Waals surface area (Å²) in [6, 6.07) is 1.56. The quantitative estimate of drug-likeness (QED) is 0.854. The Kier molecular flexibility index (Phi) is 4.16. The van der Waals surface area contributed by atoms with Crippen molar-refractivity contribution in [2.45, 2.75) is 46.5 Å². The largest absolute Gasteiger partial charge is 0.507 e. The second-order valence-corrected chi connectivity index (χ2v) is 4.60. The molecule has 16 heavy (non-hydrogen) atoms. The molecule has 0 amide bonds. The third-order valence-corrected chi connectivity index (χ3v) is 3.12. The molecule has 0 aliphatic heterocycles. The van der Waals surface area contributed by atoms with Crippen molar-refractivity contribution in [2.24, 2.45) is 5.92 Å². The third-order valence-electron chi connectivity index (χ3n) is 3.12. The number of aromatic hydroxyl groups is 1. The fraction of sp³-hybridized carbons (Fsp3) is 0.615. The molecule has 0 bridgehead atoms. The van der Waals surface area contributed by atoms with Gasteiger partial charge in [-0.1, -0.05) is 27.2 Å². The van der Waals surface area contributed by atoms with Crippen LogP contribution in [-0.2, 0) is 0 Å². The van der Waals surface area contributed by atoms with Crippen LogP contribution in [0.4, 0.5) is 0 Å². The zero-order chi connectivity index (χ0) is 12.3. The molecule has 1 N–H and O–H groups in total. The van der Waals surface area contributed by atoms with Gasteiger partial charge in [0.15, 0.2) is 0 Å². The second-order valence-electron chi connectivity index (χ2n) is 4.60. The van der Waals surface area contributed by atoms with Crippen LogP contribution in [0.2, 0.25) is 0 Å². The van der Waals surface area contributed by atoms with Gasteiger partial charge < -0.3 is 9.52 Å². The zero-order valence-corrected chi connectivity index (χ0v) is 10.4. The number of rotatable bonds is 4. The molecule has 1 aromatic rings. The van der Waals surface area contributed by atoms with Crippen LogP contribution in [0.3, 0.4) is 0 Å². The van der Waals surface area contributed by atoms with E-state index in [0.717, 1.165) is 12.8 Å². The van der Waals surface area contributed by atoms with Crippen LogP contribution in [0.5, 0.6) is 5.75 Å². The molecule has 0 fully saturated rings. The van der Waals surface area contributed by atoms with Crippen molar-refractivity contribution in [1.82, 2.24) is 0 Å². The van der Waals surface area contributed by atoms with E-state index in [1.807, 2.05) is 6.92 Å². The van der Waals surface area contributed by atoms with Crippen LogP contribution in [-0.4, -0.2) is 5.11 Å². The van der Waals surface area contributed by atoms with Gasteiger partial charge in [-0.25, -0.2) is 4.79 Å². The smallest absolute Gasteiger partial charge is 0.342 e. The summed E-state index contributed by atoms with van der Waals surface area (Å²) in [4.78, 5) is 11.4. The summed E-state index contributed by atoms with van der Waals surface area (Å²) in [5.74, 6) is 1.36. The average Bonchev–Trinajstić information content (AvgIpc) is 2.24. The van der Waals surface area contributed by atoms with Crippen LogP contribution in [0.1, 0.15) is 50.9 Å². The van der Waals surface area contributed by atoms with Gasteiger partial charge in [-0.2, -0.15) is 0 Å². The van der Waals surface area contributed by atoms with E-state index in [1.165, 1.54) is 0 Å². The lowest BCUT2D eigenvalue weighted by molar-refractivity contribution is 0.369. The maximum Gasteiger partial charge on any atom is 0.342 e. The Morgan fingerprint density at radius 2 is 2.06 bits per heavy atom. The molecule has 0 aromatic carbocycles. The first-order valence-corrected chi connectivity index (χ1v) is 5.79. The molecule has 90 valence electrons. The van der Waals surface area contributed by atoms with E-state index in [1.54, 1.807) is 13.0 Å². The second kappa shape index (κ2) is 5.19. The monoisotopic (exact) mass is 224 g/mol. The van der Waals surface area contributed by atoms with Gasteiger partial charge in [-0.15, -0.1) is 0 Å². The number of hydrogen-bond acceptors (Lipinski definition) is 3. The molecule has 3 nitrogen and oxygen atoms in total. The molecule has 2 unspecified atom stereocenters. The zero-order valence-electron chi connectivity index (χ0n) is 10.4. The van der Waals surface area contributed by atoms with Crippen molar-refractivity contribution >= 4 is 0 Å². The molecule has 0 aliphatic carbocycles. The normalized spacial score (nSPS) is 14.8. The molecule has 1 heterocycles. The highest BCUT2D eigenvalue weighted by atomic mass is 16.4. The summed E-state index contributed by atoms with van der Waals surface area (Å²) in [7, 11) is 0. The van der Waals surface area contributed by atoms with Crippen LogP contribution < -0.4 is 5.63 Å². The summed E-state index contributed by atoms with van der Waals surface area (Å²) < 4.78 is 5.18. The minimum absolute atomic E-state index is 0.0299. The summed E-state index contributed by atoms with van der Waals surface area (Å²) in [5, 5.41) is 9.56. The predicted octanol–water partition coefficient (Wildman–Crippen LogP) is 3.19. The van der Waals surface area contributed by atoms with Crippen molar-refractivity contribution in [3.63, 3.8) is 0 Å². The lowest BCUT2D eigenvalue weighted by Crippen LogP contribution is -2.08. The van der Waals surface area contributed by atoms with E-state index in [2.05, 4.69) is 13.8 Å². The minimum Gasteiger partial charge on any atom is -0.507 e. The Bertz CT molecular complexity index is 406. The van der Waals surface area contributed by atoms with Crippen molar-refractivity contribution in [1.29, 1.82) is 0 Å². The first-order valence-electron chi connectivity index (χ1n) is 5.79. The van der Waals surface area contributed by atoms with Crippen LogP contribution in [0, 0.1) is 12.8 Å². The Hall–Kier alpha value is -1.25. The molecule has 0 aliphatic rings. The first kappa shape index (κ1) is 12.8. The Labute approximate surface area is 96.1 Å². The third kappa shape index (κ3) is 2.87. The Morgan fingerprint density at radius 3 is 2.56 bits per heavy atom. The molecule has 2 atom stereocenters. The van der Waals surface area contributed by atoms with E-state index in [9.17, 15) is 9.90 Å². The molecule has 0 spiro atoms. The van der Waals surface area contributed by atoms with Crippen molar-refractivity contribution in [3.8, 4) is 5.75 Å². The first-order chi connectivity index (χ1) is 7.45. The molecule has 1 aromatic heterocycles. The fourth-order valence-corrected chi connectivity index (χ4v) is 1.69. The van der Waals surface area contributed by atoms with Gasteiger partial charge in [0.05, 0.1) is 5.56 Å². The topological polar surface area (TPSA) is 50.4 Å². The van der Waals surface area contributed by atoms with Crippen LogP contribution in [0.25, 0.3) is 0 Å².